The van der Waals surface area contributed by atoms with Gasteiger partial charge in [0.05, 0.1) is 11.1 Å². The molecule has 2 aromatic heterocycles. The highest BCUT2D eigenvalue weighted by Gasteiger charge is 2.05. The van der Waals surface area contributed by atoms with Gasteiger partial charge >= 0.3 is 0 Å². The molecule has 0 saturated carbocycles. The number of nitrogens with zero attached hydrogens (tertiary/aromatic N) is 1. The van der Waals surface area contributed by atoms with Crippen LogP contribution in [-0.4, -0.2) is 10.3 Å². The molecule has 0 aliphatic heterocycles. The van der Waals surface area contributed by atoms with Crippen LogP contribution in [0.15, 0.2) is 36.7 Å². The number of carbonyl (C=O) groups is 1. The van der Waals surface area contributed by atoms with Gasteiger partial charge in [0.2, 0.25) is 0 Å². The molecule has 0 saturated heterocycles. The van der Waals surface area contributed by atoms with Gasteiger partial charge < -0.3 is 10.1 Å². The molecule has 68 valence electrons. The zero-order valence-electron chi connectivity index (χ0n) is 6.81. The summed E-state index contributed by atoms with van der Waals surface area (Å²) in [6, 6.07) is 7.36. The Balaban J connectivity index is 0.000000845. The van der Waals surface area contributed by atoms with Crippen molar-refractivity contribution < 1.29 is 4.79 Å². The second kappa shape index (κ2) is 3.49. The summed E-state index contributed by atoms with van der Waals surface area (Å²) in [6.45, 7) is 0. The fraction of sp³-hybridized carbons (Fsp3) is 0. The third-order valence-corrected chi connectivity index (χ3v) is 1.83. The van der Waals surface area contributed by atoms with Crippen molar-refractivity contribution in [2.45, 2.75) is 0 Å². The van der Waals surface area contributed by atoms with Crippen LogP contribution in [0.5, 0.6) is 0 Å². The second-order valence-corrected chi connectivity index (χ2v) is 2.59. The summed E-state index contributed by atoms with van der Waals surface area (Å²) in [7, 11) is 0. The molecule has 1 amide bonds. The molecule has 0 fully saturated rings. The Morgan fingerprint density at radius 2 is 2.00 bits per heavy atom. The average molecular weight is 197 g/mol. The van der Waals surface area contributed by atoms with E-state index in [0.29, 0.717) is 5.56 Å². The zero-order valence-corrected chi connectivity index (χ0v) is 7.62. The molecule has 0 aromatic carbocycles. The predicted molar refractivity (Wildman–Crippen MR) is 53.2 cm³/mol. The lowest BCUT2D eigenvalue weighted by Crippen LogP contribution is -2.10. The lowest BCUT2D eigenvalue weighted by Gasteiger charge is -1.93. The fourth-order valence-electron chi connectivity index (χ4n) is 1.26. The van der Waals surface area contributed by atoms with E-state index in [1.807, 2.05) is 35.0 Å². The van der Waals surface area contributed by atoms with E-state index in [1.54, 1.807) is 6.07 Å². The molecule has 0 bridgehead atoms. The Kier molecular flexibility index (Phi) is 2.58. The van der Waals surface area contributed by atoms with E-state index in [1.165, 1.54) is 0 Å². The highest BCUT2D eigenvalue weighted by Crippen LogP contribution is 2.10. The number of nitrogens with two attached hydrogens (primary N) is 1. The van der Waals surface area contributed by atoms with Crippen molar-refractivity contribution in [3.05, 3.63) is 42.2 Å². The third kappa shape index (κ3) is 1.51. The van der Waals surface area contributed by atoms with Gasteiger partial charge in [-0.05, 0) is 18.2 Å². The molecule has 0 aliphatic carbocycles. The van der Waals surface area contributed by atoms with Crippen LogP contribution >= 0.6 is 12.4 Å². The average Bonchev–Trinajstić information content (AvgIpc) is 2.47. The van der Waals surface area contributed by atoms with Crippen LogP contribution in [-0.2, 0) is 0 Å². The molecule has 2 aromatic rings. The minimum Gasteiger partial charge on any atom is -0.366 e. The number of halogens is 1. The molecular formula is C9H9ClN2O. The molecule has 2 heterocycles. The van der Waals surface area contributed by atoms with Gasteiger partial charge in [-0.3, -0.25) is 4.79 Å². The first-order valence-corrected chi connectivity index (χ1v) is 3.64. The SMILES string of the molecule is Cl.NC(=O)c1ccn2ccccc12. The van der Waals surface area contributed by atoms with Gasteiger partial charge in [-0.25, -0.2) is 0 Å². The number of pyridine rings is 1. The maximum absolute atomic E-state index is 10.9. The van der Waals surface area contributed by atoms with Gasteiger partial charge in [0.15, 0.2) is 0 Å². The molecule has 3 nitrogen and oxygen atoms in total. The Bertz CT molecular complexity index is 436. The highest BCUT2D eigenvalue weighted by atomic mass is 35.5. The van der Waals surface area contributed by atoms with Crippen LogP contribution in [0.3, 0.4) is 0 Å². The van der Waals surface area contributed by atoms with Crippen LogP contribution in [0, 0.1) is 0 Å². The van der Waals surface area contributed by atoms with Crippen molar-refractivity contribution >= 4 is 23.8 Å². The molecule has 13 heavy (non-hydrogen) atoms. The van der Waals surface area contributed by atoms with Gasteiger partial charge in [-0.2, -0.15) is 0 Å². The molecule has 0 radical (unpaired) electrons. The largest absolute Gasteiger partial charge is 0.366 e. The van der Waals surface area contributed by atoms with Crippen LogP contribution in [0.1, 0.15) is 10.4 Å². The topological polar surface area (TPSA) is 47.5 Å². The van der Waals surface area contributed by atoms with Gasteiger partial charge in [0.25, 0.3) is 5.91 Å². The summed E-state index contributed by atoms with van der Waals surface area (Å²) in [6.07, 6.45) is 3.69. The predicted octanol–water partition coefficient (Wildman–Crippen LogP) is 1.46. The Labute approximate surface area is 81.6 Å². The summed E-state index contributed by atoms with van der Waals surface area (Å²) in [5.74, 6) is -0.385. The number of aromatic nitrogens is 1. The van der Waals surface area contributed by atoms with Gasteiger partial charge in [-0.15, -0.1) is 12.4 Å². The highest BCUT2D eigenvalue weighted by molar-refractivity contribution is 5.99. The van der Waals surface area contributed by atoms with Crippen LogP contribution < -0.4 is 5.73 Å². The number of rotatable bonds is 1. The summed E-state index contributed by atoms with van der Waals surface area (Å²) in [5, 5.41) is 0. The Morgan fingerprint density at radius 3 is 2.69 bits per heavy atom. The van der Waals surface area contributed by atoms with E-state index in [4.69, 9.17) is 5.73 Å². The van der Waals surface area contributed by atoms with Gasteiger partial charge in [0, 0.05) is 12.4 Å². The van der Waals surface area contributed by atoms with Crippen molar-refractivity contribution in [1.82, 2.24) is 4.40 Å². The summed E-state index contributed by atoms with van der Waals surface area (Å²) in [4.78, 5) is 10.9. The first kappa shape index (κ1) is 9.61. The number of fused-ring (bicyclic) bond motifs is 1. The van der Waals surface area contributed by atoms with Gasteiger partial charge in [-0.1, -0.05) is 6.07 Å². The summed E-state index contributed by atoms with van der Waals surface area (Å²) >= 11 is 0. The molecule has 0 aliphatic rings. The Morgan fingerprint density at radius 1 is 1.23 bits per heavy atom. The molecule has 0 unspecified atom stereocenters. The molecule has 0 atom stereocenters. The minimum absolute atomic E-state index is 0. The maximum Gasteiger partial charge on any atom is 0.250 e. The van der Waals surface area contributed by atoms with Crippen molar-refractivity contribution in [2.24, 2.45) is 5.73 Å². The first-order chi connectivity index (χ1) is 5.79. The standard InChI is InChI=1S/C9H8N2O.ClH/c10-9(12)7-4-6-11-5-2-1-3-8(7)11;/h1-6H,(H2,10,12);1H. The number of hydrogen-bond donors (Lipinski definition) is 1. The van der Waals surface area contributed by atoms with Crippen molar-refractivity contribution in [1.29, 1.82) is 0 Å². The third-order valence-electron chi connectivity index (χ3n) is 1.83. The van der Waals surface area contributed by atoms with Crippen molar-refractivity contribution in [3.8, 4) is 0 Å². The first-order valence-electron chi connectivity index (χ1n) is 3.64. The normalized spacial score (nSPS) is 9.54. The number of carbonyl (C=O) groups excluding carboxylic acids is 1. The Hall–Kier alpha value is -1.48. The summed E-state index contributed by atoms with van der Waals surface area (Å²) < 4.78 is 1.86. The molecule has 2 N–H and O–H groups in total. The van der Waals surface area contributed by atoms with E-state index in [-0.39, 0.29) is 18.3 Å². The quantitative estimate of drug-likeness (QED) is 0.738. The number of amides is 1. The zero-order chi connectivity index (χ0) is 8.55. The minimum atomic E-state index is -0.385. The van der Waals surface area contributed by atoms with E-state index in [9.17, 15) is 4.79 Å². The maximum atomic E-state index is 10.9. The van der Waals surface area contributed by atoms with Gasteiger partial charge in [0.1, 0.15) is 0 Å². The summed E-state index contributed by atoms with van der Waals surface area (Å²) in [5.41, 5.74) is 6.59. The molecule has 4 heteroatoms. The fourth-order valence-corrected chi connectivity index (χ4v) is 1.26. The van der Waals surface area contributed by atoms with E-state index in [2.05, 4.69) is 0 Å². The number of hydrogen-bond acceptors (Lipinski definition) is 1. The molecule has 2 rings (SSSR count). The smallest absolute Gasteiger partial charge is 0.250 e. The molecular weight excluding hydrogens is 188 g/mol. The van der Waals surface area contributed by atoms with Crippen LogP contribution in [0.2, 0.25) is 0 Å². The second-order valence-electron chi connectivity index (χ2n) is 2.59. The van der Waals surface area contributed by atoms with Crippen LogP contribution in [0.4, 0.5) is 0 Å². The van der Waals surface area contributed by atoms with E-state index < -0.39 is 0 Å². The molecule has 0 spiro atoms. The van der Waals surface area contributed by atoms with E-state index in [0.717, 1.165) is 5.52 Å². The van der Waals surface area contributed by atoms with Crippen LogP contribution in [0.25, 0.3) is 5.52 Å². The monoisotopic (exact) mass is 196 g/mol. The lowest BCUT2D eigenvalue weighted by molar-refractivity contribution is 0.100. The van der Waals surface area contributed by atoms with Crippen molar-refractivity contribution in [3.63, 3.8) is 0 Å². The number of primary amides is 1. The lowest BCUT2D eigenvalue weighted by atomic mass is 10.2. The van der Waals surface area contributed by atoms with E-state index >= 15 is 0 Å². The van der Waals surface area contributed by atoms with Crippen molar-refractivity contribution in [2.75, 3.05) is 0 Å².